The molecule has 3 N–H and O–H groups in total. The van der Waals surface area contributed by atoms with Crippen molar-refractivity contribution in [1.82, 2.24) is 10.6 Å². The van der Waals surface area contributed by atoms with Crippen LogP contribution >= 0.6 is 7.37 Å². The summed E-state index contributed by atoms with van der Waals surface area (Å²) in [5.74, 6) is -1.38. The van der Waals surface area contributed by atoms with Crippen LogP contribution in [0.5, 0.6) is 0 Å². The molecule has 40 heavy (non-hydrogen) atoms. The number of benzene rings is 3. The first-order valence-corrected chi connectivity index (χ1v) is 15.9. The molecule has 7 heteroatoms. The van der Waals surface area contributed by atoms with Crippen LogP contribution in [0.2, 0.25) is 0 Å². The summed E-state index contributed by atoms with van der Waals surface area (Å²) >= 11 is 0. The molecule has 0 aromatic heterocycles. The lowest BCUT2D eigenvalue weighted by Crippen LogP contribution is -2.54. The Bertz CT molecular complexity index is 1320. The monoisotopic (exact) mass is 562 g/mol. The van der Waals surface area contributed by atoms with Gasteiger partial charge in [0.25, 0.3) is 0 Å². The molecule has 3 aromatic rings. The van der Waals surface area contributed by atoms with Gasteiger partial charge < -0.3 is 15.5 Å². The molecule has 0 saturated heterocycles. The highest BCUT2D eigenvalue weighted by molar-refractivity contribution is 7.57. The fraction of sp³-hybridized carbons (Fsp3) is 0.394. The van der Waals surface area contributed by atoms with Crippen molar-refractivity contribution in [1.29, 1.82) is 0 Å². The Morgan fingerprint density at radius 2 is 1.43 bits per heavy atom. The molecule has 0 aliphatic heterocycles. The topological polar surface area (TPSA) is 95.5 Å². The second kappa shape index (κ2) is 13.9. The second-order valence-corrected chi connectivity index (χ2v) is 14.1. The summed E-state index contributed by atoms with van der Waals surface area (Å²) in [5.41, 5.74) is 4.78. The molecule has 0 spiro atoms. The number of aryl methyl sites for hydroxylation is 2. The maximum atomic E-state index is 13.6. The van der Waals surface area contributed by atoms with Crippen molar-refractivity contribution < 1.29 is 19.0 Å². The zero-order valence-corrected chi connectivity index (χ0v) is 25.2. The molecule has 0 saturated carbocycles. The predicted molar refractivity (Wildman–Crippen MR) is 163 cm³/mol. The van der Waals surface area contributed by atoms with Gasteiger partial charge >= 0.3 is 0 Å². The molecule has 2 amide bonds. The van der Waals surface area contributed by atoms with Gasteiger partial charge in [-0.3, -0.25) is 14.2 Å². The van der Waals surface area contributed by atoms with Gasteiger partial charge in [-0.25, -0.2) is 0 Å². The molecule has 2 unspecified atom stereocenters. The minimum Gasteiger partial charge on any atom is -0.357 e. The summed E-state index contributed by atoms with van der Waals surface area (Å²) in [5, 5.41) is 5.52. The van der Waals surface area contributed by atoms with Crippen LogP contribution in [0.3, 0.4) is 0 Å². The van der Waals surface area contributed by atoms with Crippen LogP contribution < -0.4 is 10.6 Å². The first kappa shape index (κ1) is 31.3. The highest BCUT2D eigenvalue weighted by atomic mass is 31.2. The van der Waals surface area contributed by atoms with Crippen molar-refractivity contribution >= 4 is 19.2 Å². The highest BCUT2D eigenvalue weighted by Crippen LogP contribution is 2.47. The van der Waals surface area contributed by atoms with E-state index in [0.29, 0.717) is 12.8 Å². The van der Waals surface area contributed by atoms with E-state index in [2.05, 4.69) is 22.8 Å². The molecule has 3 rings (SSSR count). The third-order valence-electron chi connectivity index (χ3n) is 7.26. The third kappa shape index (κ3) is 9.46. The van der Waals surface area contributed by atoms with E-state index in [-0.39, 0.29) is 24.1 Å². The molecule has 3 atom stereocenters. The lowest BCUT2D eigenvalue weighted by molar-refractivity contribution is -0.133. The van der Waals surface area contributed by atoms with Crippen molar-refractivity contribution in [3.63, 3.8) is 0 Å². The summed E-state index contributed by atoms with van der Waals surface area (Å²) in [6, 6.07) is 25.1. The van der Waals surface area contributed by atoms with Gasteiger partial charge in [-0.1, -0.05) is 99.6 Å². The average Bonchev–Trinajstić information content (AvgIpc) is 2.90. The average molecular weight is 563 g/mol. The van der Waals surface area contributed by atoms with Crippen molar-refractivity contribution in [3.8, 4) is 0 Å². The fourth-order valence-corrected chi connectivity index (χ4v) is 6.84. The molecular weight excluding hydrogens is 519 g/mol. The maximum Gasteiger partial charge on any atom is 0.242 e. The van der Waals surface area contributed by atoms with Crippen LogP contribution in [0.15, 0.2) is 78.9 Å². The Hall–Kier alpha value is -3.21. The minimum absolute atomic E-state index is 0.00902. The van der Waals surface area contributed by atoms with E-state index < -0.39 is 24.7 Å². The van der Waals surface area contributed by atoms with E-state index in [1.807, 2.05) is 94.4 Å². The zero-order chi connectivity index (χ0) is 29.3. The predicted octanol–water partition coefficient (Wildman–Crippen LogP) is 5.88. The van der Waals surface area contributed by atoms with Crippen molar-refractivity contribution in [2.24, 2.45) is 11.3 Å². The highest BCUT2D eigenvalue weighted by Gasteiger charge is 2.36. The zero-order valence-electron chi connectivity index (χ0n) is 24.3. The largest absolute Gasteiger partial charge is 0.357 e. The normalized spacial score (nSPS) is 14.6. The molecule has 0 bridgehead atoms. The van der Waals surface area contributed by atoms with E-state index in [9.17, 15) is 19.0 Å². The quantitative estimate of drug-likeness (QED) is 0.240. The number of hydrogen-bond acceptors (Lipinski definition) is 3. The number of amides is 2. The van der Waals surface area contributed by atoms with Crippen molar-refractivity contribution in [3.05, 3.63) is 107 Å². The van der Waals surface area contributed by atoms with Gasteiger partial charge in [-0.05, 0) is 59.4 Å². The molecule has 0 heterocycles. The molecule has 3 aromatic carbocycles. The van der Waals surface area contributed by atoms with E-state index in [1.54, 1.807) is 0 Å². The van der Waals surface area contributed by atoms with E-state index in [0.717, 1.165) is 28.7 Å². The van der Waals surface area contributed by atoms with Gasteiger partial charge in [-0.2, -0.15) is 0 Å². The van der Waals surface area contributed by atoms with Crippen LogP contribution in [0.4, 0.5) is 0 Å². The Morgan fingerprint density at radius 1 is 0.850 bits per heavy atom. The Kier molecular flexibility index (Phi) is 10.9. The van der Waals surface area contributed by atoms with Crippen LogP contribution in [-0.4, -0.2) is 36.0 Å². The van der Waals surface area contributed by atoms with Gasteiger partial charge in [0.1, 0.15) is 6.04 Å². The Labute approximate surface area is 239 Å². The number of carbonyl (C=O) groups excluding carboxylic acids is 2. The van der Waals surface area contributed by atoms with Crippen molar-refractivity contribution in [2.45, 2.75) is 59.2 Å². The summed E-state index contributed by atoms with van der Waals surface area (Å²) < 4.78 is 13.5. The van der Waals surface area contributed by atoms with Crippen molar-refractivity contribution in [2.75, 3.05) is 13.2 Å². The molecule has 6 nitrogen and oxygen atoms in total. The Morgan fingerprint density at radius 3 is 2.02 bits per heavy atom. The number of nitrogens with one attached hydrogen (secondary N) is 2. The lowest BCUT2D eigenvalue weighted by atomic mass is 9.85. The Balaban J connectivity index is 1.75. The lowest BCUT2D eigenvalue weighted by Gasteiger charge is -2.31. The number of likely N-dealkylation sites (N-methyl/N-ethyl adjacent to an activating group) is 1. The van der Waals surface area contributed by atoms with Gasteiger partial charge in [0.05, 0.1) is 0 Å². The first-order valence-electron chi connectivity index (χ1n) is 13.9. The van der Waals surface area contributed by atoms with Gasteiger partial charge in [0.15, 0.2) is 0 Å². The molecule has 0 aliphatic rings. The number of hydrogen-bond donors (Lipinski definition) is 3. The van der Waals surface area contributed by atoms with Crippen LogP contribution in [0.25, 0.3) is 0 Å². The van der Waals surface area contributed by atoms with Gasteiger partial charge in [0.2, 0.25) is 19.2 Å². The van der Waals surface area contributed by atoms with Crippen LogP contribution in [0.1, 0.15) is 55.0 Å². The van der Waals surface area contributed by atoms with Crippen LogP contribution in [0, 0.1) is 18.3 Å². The second-order valence-electron chi connectivity index (χ2n) is 11.7. The minimum atomic E-state index is -3.72. The number of rotatable bonds is 12. The molecule has 0 fully saturated rings. The SMILES string of the molecule is CNC(=O)[C@@H](NC(=O)C(CCc1ccccc1C)CP(=O)(O)Cc1ccc(Cc2ccccc2)cc1)C(C)(C)C. The summed E-state index contributed by atoms with van der Waals surface area (Å²) in [6.07, 6.45) is 1.63. The number of carbonyl (C=O) groups is 2. The van der Waals surface area contributed by atoms with Gasteiger partial charge in [-0.15, -0.1) is 0 Å². The van der Waals surface area contributed by atoms with E-state index in [4.69, 9.17) is 0 Å². The molecule has 0 radical (unpaired) electrons. The maximum absolute atomic E-state index is 13.6. The molecule has 214 valence electrons. The van der Waals surface area contributed by atoms with Crippen LogP contribution in [-0.2, 0) is 33.2 Å². The smallest absolute Gasteiger partial charge is 0.242 e. The summed E-state index contributed by atoms with van der Waals surface area (Å²) in [7, 11) is -2.18. The van der Waals surface area contributed by atoms with E-state index >= 15 is 0 Å². The standard InChI is InChI=1S/C33H43N2O4P/c1-24-11-9-10-14-28(24)19-20-29(31(36)35-30(32(37)34-5)33(2,3)4)23-40(38,39)22-27-17-15-26(16-18-27)21-25-12-7-6-8-13-25/h6-18,29-30H,19-23H2,1-5H3,(H,34,37)(H,35,36)(H,38,39)/t29?,30-/m1/s1. The molecule has 0 aliphatic carbocycles. The van der Waals surface area contributed by atoms with E-state index in [1.165, 1.54) is 12.6 Å². The summed E-state index contributed by atoms with van der Waals surface area (Å²) in [4.78, 5) is 37.2. The first-order chi connectivity index (χ1) is 18.9. The third-order valence-corrected chi connectivity index (χ3v) is 9.14. The summed E-state index contributed by atoms with van der Waals surface area (Å²) in [6.45, 7) is 7.67. The van der Waals surface area contributed by atoms with Gasteiger partial charge in [0, 0.05) is 25.3 Å². The fourth-order valence-electron chi connectivity index (χ4n) is 4.89. The molecular formula is C33H43N2O4P.